The van der Waals surface area contributed by atoms with Crippen molar-refractivity contribution in [2.75, 3.05) is 0 Å². The summed E-state index contributed by atoms with van der Waals surface area (Å²) in [6.07, 6.45) is 0.0906. The van der Waals surface area contributed by atoms with Crippen molar-refractivity contribution in [1.82, 2.24) is 5.14 Å². The lowest BCUT2D eigenvalue weighted by molar-refractivity contribution is 0.0985. The predicted molar refractivity (Wildman–Crippen MR) is 61.9 cm³/mol. The van der Waals surface area contributed by atoms with Crippen LogP contribution in [0.25, 0.3) is 0 Å². The molecule has 1 N–H and O–H groups in total. The van der Waals surface area contributed by atoms with Crippen molar-refractivity contribution in [1.29, 1.82) is 0 Å². The van der Waals surface area contributed by atoms with Crippen molar-refractivity contribution in [3.63, 3.8) is 0 Å². The lowest BCUT2D eigenvalue weighted by Gasteiger charge is -2.10. The van der Waals surface area contributed by atoms with Crippen LogP contribution in [0, 0.1) is 0 Å². The molecule has 0 heterocycles. The van der Waals surface area contributed by atoms with Gasteiger partial charge in [-0.15, -0.1) is 5.14 Å². The van der Waals surface area contributed by atoms with Gasteiger partial charge in [0.15, 0.2) is 5.78 Å². The van der Waals surface area contributed by atoms with Crippen molar-refractivity contribution in [2.45, 2.75) is 18.6 Å². The Morgan fingerprint density at radius 3 is 2.25 bits per heavy atom. The molecule has 1 aromatic rings. The number of hydrogen-bond donors (Lipinski definition) is 0. The van der Waals surface area contributed by atoms with Gasteiger partial charge < -0.3 is 0 Å². The van der Waals surface area contributed by atoms with E-state index in [9.17, 15) is 13.2 Å². The van der Waals surface area contributed by atoms with Crippen LogP contribution in [0.3, 0.4) is 0 Å². The highest BCUT2D eigenvalue weighted by Gasteiger charge is 2.28. The number of sulfonamides is 1. The van der Waals surface area contributed by atoms with Gasteiger partial charge >= 0.3 is 0 Å². The van der Waals surface area contributed by atoms with Crippen LogP contribution in [0.1, 0.15) is 23.7 Å². The van der Waals surface area contributed by atoms with Gasteiger partial charge in [0.25, 0.3) is 0 Å². The third-order valence-corrected chi connectivity index (χ3v) is 3.72. The summed E-state index contributed by atoms with van der Waals surface area (Å²) in [5.41, 5.74) is 0.257. The number of Topliss-reactive ketones (excluding diaryl/α,β-unsaturated/α-hetero) is 1. The third-order valence-electron chi connectivity index (χ3n) is 2.17. The Kier molecular flexibility index (Phi) is 4.07. The number of benzene rings is 1. The number of halogens is 1. The number of nitrogens with one attached hydrogen (secondary N) is 1. The zero-order valence-electron chi connectivity index (χ0n) is 8.60. The van der Waals surface area contributed by atoms with Crippen molar-refractivity contribution < 1.29 is 13.2 Å². The van der Waals surface area contributed by atoms with Crippen molar-refractivity contribution in [3.8, 4) is 0 Å². The first-order valence-electron chi connectivity index (χ1n) is 4.64. The molecule has 0 saturated heterocycles. The Balaban J connectivity index is 3.06. The minimum atomic E-state index is -4.11. The zero-order chi connectivity index (χ0) is 12.3. The molecule has 0 amide bonds. The van der Waals surface area contributed by atoms with E-state index in [-0.39, 0.29) is 12.0 Å². The van der Waals surface area contributed by atoms with Gasteiger partial charge in [0.2, 0.25) is 10.0 Å². The molecule has 1 radical (unpaired) electrons. The van der Waals surface area contributed by atoms with E-state index in [2.05, 4.69) is 0 Å². The number of carbonyl (C=O) groups excluding carboxylic acids is 1. The number of carbonyl (C=O) groups is 1. The van der Waals surface area contributed by atoms with Crippen LogP contribution in [-0.4, -0.2) is 19.5 Å². The largest absolute Gasteiger partial charge is 0.293 e. The Morgan fingerprint density at radius 2 is 1.88 bits per heavy atom. The van der Waals surface area contributed by atoms with Gasteiger partial charge in [-0.05, 0) is 30.7 Å². The Labute approximate surface area is 99.5 Å². The van der Waals surface area contributed by atoms with Gasteiger partial charge in [-0.3, -0.25) is 4.79 Å². The Morgan fingerprint density at radius 1 is 1.38 bits per heavy atom. The van der Waals surface area contributed by atoms with Crippen LogP contribution in [0.4, 0.5) is 0 Å². The first-order valence-corrected chi connectivity index (χ1v) is 6.57. The monoisotopic (exact) mass is 260 g/mol. The SMILES string of the molecule is CCC(C(=O)c1ccc(Cl)cc1)S([NH])(=O)=O. The zero-order valence-corrected chi connectivity index (χ0v) is 10.2. The van der Waals surface area contributed by atoms with Crippen molar-refractivity contribution in [3.05, 3.63) is 34.9 Å². The molecule has 16 heavy (non-hydrogen) atoms. The first-order chi connectivity index (χ1) is 7.36. The number of ketones is 1. The van der Waals surface area contributed by atoms with Crippen molar-refractivity contribution >= 4 is 27.4 Å². The molecule has 0 spiro atoms. The molecule has 0 bridgehead atoms. The second kappa shape index (κ2) is 4.95. The second-order valence-electron chi connectivity index (χ2n) is 3.31. The molecule has 0 fully saturated rings. The molecule has 4 nitrogen and oxygen atoms in total. The quantitative estimate of drug-likeness (QED) is 0.776. The summed E-state index contributed by atoms with van der Waals surface area (Å²) in [6.45, 7) is 1.56. The normalized spacial score (nSPS) is 13.4. The summed E-state index contributed by atoms with van der Waals surface area (Å²) in [7, 11) is -4.11. The summed E-state index contributed by atoms with van der Waals surface area (Å²) in [5, 5.41) is 6.11. The average molecular weight is 261 g/mol. The summed E-state index contributed by atoms with van der Waals surface area (Å²) in [5.74, 6) is -0.561. The fourth-order valence-electron chi connectivity index (χ4n) is 1.35. The van der Waals surface area contributed by atoms with Crippen LogP contribution < -0.4 is 5.14 Å². The highest BCUT2D eigenvalue weighted by molar-refractivity contribution is 7.90. The molecule has 1 unspecified atom stereocenters. The number of hydrogen-bond acceptors (Lipinski definition) is 3. The topological polar surface area (TPSA) is 75.0 Å². The molecule has 0 aromatic heterocycles. The fourth-order valence-corrected chi connectivity index (χ4v) is 2.33. The smallest absolute Gasteiger partial charge is 0.235 e. The Bertz CT molecular complexity index is 481. The molecule has 0 aliphatic rings. The third kappa shape index (κ3) is 3.04. The molecule has 1 atom stereocenters. The van der Waals surface area contributed by atoms with Crippen molar-refractivity contribution in [2.24, 2.45) is 0 Å². The maximum atomic E-state index is 11.8. The predicted octanol–water partition coefficient (Wildman–Crippen LogP) is 1.91. The molecule has 87 valence electrons. The molecule has 0 aliphatic heterocycles. The van der Waals surface area contributed by atoms with Gasteiger partial charge in [-0.2, -0.15) is 0 Å². The summed E-state index contributed by atoms with van der Waals surface area (Å²) in [6, 6.07) is 5.94. The van der Waals surface area contributed by atoms with E-state index in [0.717, 1.165) is 0 Å². The Hall–Kier alpha value is -0.910. The molecule has 0 aliphatic carbocycles. The molecule has 0 saturated carbocycles. The van der Waals surface area contributed by atoms with Gasteiger partial charge in [0, 0.05) is 10.6 Å². The van der Waals surface area contributed by atoms with E-state index in [1.54, 1.807) is 6.92 Å². The summed E-state index contributed by atoms with van der Waals surface area (Å²) < 4.78 is 22.1. The van der Waals surface area contributed by atoms with E-state index in [0.29, 0.717) is 5.02 Å². The molecule has 1 aromatic carbocycles. The van der Waals surface area contributed by atoms with Crippen LogP contribution in [0.5, 0.6) is 0 Å². The van der Waals surface area contributed by atoms with Gasteiger partial charge in [-0.25, -0.2) is 8.42 Å². The lowest BCUT2D eigenvalue weighted by atomic mass is 10.1. The van der Waals surface area contributed by atoms with Crippen LogP contribution in [-0.2, 0) is 10.0 Å². The van der Waals surface area contributed by atoms with Gasteiger partial charge in [-0.1, -0.05) is 18.5 Å². The van der Waals surface area contributed by atoms with E-state index in [1.165, 1.54) is 24.3 Å². The first kappa shape index (κ1) is 13.2. The van der Waals surface area contributed by atoms with Crippen LogP contribution in [0.15, 0.2) is 24.3 Å². The van der Waals surface area contributed by atoms with E-state index < -0.39 is 21.1 Å². The van der Waals surface area contributed by atoms with E-state index in [1.807, 2.05) is 0 Å². The minimum Gasteiger partial charge on any atom is -0.293 e. The average Bonchev–Trinajstić information content (AvgIpc) is 2.17. The second-order valence-corrected chi connectivity index (χ2v) is 5.41. The fraction of sp³-hybridized carbons (Fsp3) is 0.300. The summed E-state index contributed by atoms with van der Waals surface area (Å²) >= 11 is 5.65. The molecular formula is C10H11ClNO3S. The summed E-state index contributed by atoms with van der Waals surface area (Å²) in [4.78, 5) is 11.8. The highest BCUT2D eigenvalue weighted by atomic mass is 35.5. The van der Waals surface area contributed by atoms with Gasteiger partial charge in [0.05, 0.1) is 0 Å². The lowest BCUT2D eigenvalue weighted by Crippen LogP contribution is -2.30. The highest BCUT2D eigenvalue weighted by Crippen LogP contribution is 2.15. The number of rotatable bonds is 4. The maximum Gasteiger partial charge on any atom is 0.235 e. The molecular weight excluding hydrogens is 250 g/mol. The van der Waals surface area contributed by atoms with Crippen LogP contribution in [0.2, 0.25) is 5.02 Å². The maximum absolute atomic E-state index is 11.8. The standard InChI is InChI=1S/C10H11ClNO3S/c1-2-9(16(12,14)15)10(13)7-3-5-8(11)6-4-7/h3-6,9,12H,2H2,1H3. The minimum absolute atomic E-state index is 0.0906. The van der Waals surface area contributed by atoms with Gasteiger partial charge in [0.1, 0.15) is 5.25 Å². The molecule has 6 heteroatoms. The van der Waals surface area contributed by atoms with Crippen LogP contribution >= 0.6 is 11.6 Å². The van der Waals surface area contributed by atoms with E-state index in [4.69, 9.17) is 16.7 Å². The molecule has 1 rings (SSSR count). The van der Waals surface area contributed by atoms with E-state index >= 15 is 0 Å².